The second-order valence-corrected chi connectivity index (χ2v) is 8.62. The molecule has 0 radical (unpaired) electrons. The third kappa shape index (κ3) is 2.76. The van der Waals surface area contributed by atoms with E-state index < -0.39 is 0 Å². The lowest BCUT2D eigenvalue weighted by Gasteiger charge is -2.55. The maximum absolute atomic E-state index is 13.2. The highest BCUT2D eigenvalue weighted by Gasteiger charge is 2.55. The fraction of sp³-hybridized carbons (Fsp3) is 0.842. The molecule has 5 rings (SSSR count). The normalized spacial score (nSPS) is 39.5. The van der Waals surface area contributed by atoms with E-state index in [2.05, 4.69) is 22.8 Å². The summed E-state index contributed by atoms with van der Waals surface area (Å²) in [6, 6.07) is -0.366. The van der Waals surface area contributed by atoms with E-state index in [-0.39, 0.29) is 23.1 Å². The van der Waals surface area contributed by atoms with Crippen LogP contribution in [0.4, 0.5) is 0 Å². The van der Waals surface area contributed by atoms with Gasteiger partial charge in [0.1, 0.15) is 11.8 Å². The van der Waals surface area contributed by atoms with E-state index in [1.807, 2.05) is 0 Å². The van der Waals surface area contributed by atoms with Gasteiger partial charge in [-0.25, -0.2) is 0 Å². The Balaban J connectivity index is 1.38. The molecule has 5 nitrogen and oxygen atoms in total. The topological polar surface area (TPSA) is 70.6 Å². The minimum atomic E-state index is -0.366. The van der Waals surface area contributed by atoms with Gasteiger partial charge in [0.05, 0.1) is 0 Å². The number of nitrogens with one attached hydrogen (secondary N) is 2. The van der Waals surface area contributed by atoms with Crippen LogP contribution < -0.4 is 10.7 Å². The molecular weight excluding hydrogens is 302 g/mol. The molecule has 0 saturated heterocycles. The molecule has 4 aliphatic carbocycles. The van der Waals surface area contributed by atoms with Crippen LogP contribution in [0.1, 0.15) is 64.7 Å². The van der Waals surface area contributed by atoms with Crippen LogP contribution in [-0.2, 0) is 9.59 Å². The average molecular weight is 331 g/mol. The van der Waals surface area contributed by atoms with Gasteiger partial charge in [-0.05, 0) is 62.7 Å². The summed E-state index contributed by atoms with van der Waals surface area (Å²) in [4.78, 5) is 25.4. The van der Waals surface area contributed by atoms with Crippen molar-refractivity contribution in [2.75, 3.05) is 6.54 Å². The van der Waals surface area contributed by atoms with Gasteiger partial charge in [-0.3, -0.25) is 15.0 Å². The van der Waals surface area contributed by atoms with Gasteiger partial charge in [-0.2, -0.15) is 5.10 Å². The van der Waals surface area contributed by atoms with E-state index >= 15 is 0 Å². The molecule has 1 unspecified atom stereocenters. The van der Waals surface area contributed by atoms with E-state index in [0.29, 0.717) is 18.7 Å². The maximum atomic E-state index is 13.2. The number of hydrogen-bond donors (Lipinski definition) is 2. The minimum Gasteiger partial charge on any atom is -0.354 e. The quantitative estimate of drug-likeness (QED) is 0.734. The zero-order valence-corrected chi connectivity index (χ0v) is 14.6. The summed E-state index contributed by atoms with van der Waals surface area (Å²) in [5, 5.41) is 7.21. The number of unbranched alkanes of at least 4 members (excludes halogenated alkanes) is 1. The first-order valence-corrected chi connectivity index (χ1v) is 9.74. The fourth-order valence-electron chi connectivity index (χ4n) is 5.94. The zero-order valence-electron chi connectivity index (χ0n) is 14.6. The third-order valence-corrected chi connectivity index (χ3v) is 6.68. The molecule has 1 heterocycles. The number of hydrogen-bond acceptors (Lipinski definition) is 4. The molecule has 4 saturated carbocycles. The van der Waals surface area contributed by atoms with E-state index in [1.54, 1.807) is 0 Å². The summed E-state index contributed by atoms with van der Waals surface area (Å²) in [7, 11) is 0. The van der Waals surface area contributed by atoms with Gasteiger partial charge < -0.3 is 5.32 Å². The molecule has 4 fully saturated rings. The smallest absolute Gasteiger partial charge is 0.244 e. The molecule has 0 aromatic heterocycles. The van der Waals surface area contributed by atoms with Crippen molar-refractivity contribution in [1.82, 2.24) is 10.7 Å². The summed E-state index contributed by atoms with van der Waals surface area (Å²) in [6.45, 7) is 2.80. The molecule has 5 aliphatic rings. The van der Waals surface area contributed by atoms with Crippen LogP contribution in [-0.4, -0.2) is 30.0 Å². The number of carbonyl (C=O) groups is 2. The summed E-state index contributed by atoms with van der Waals surface area (Å²) >= 11 is 0. The predicted octanol–water partition coefficient (Wildman–Crippen LogP) is 2.41. The van der Waals surface area contributed by atoms with Crippen LogP contribution in [0.5, 0.6) is 0 Å². The van der Waals surface area contributed by atoms with Crippen molar-refractivity contribution in [2.45, 2.75) is 70.8 Å². The van der Waals surface area contributed by atoms with Crippen LogP contribution in [0.2, 0.25) is 0 Å². The second kappa shape index (κ2) is 6.16. The molecule has 24 heavy (non-hydrogen) atoms. The number of amides is 1. The molecule has 132 valence electrons. The Bertz CT molecular complexity index is 534. The third-order valence-electron chi connectivity index (χ3n) is 6.68. The highest BCUT2D eigenvalue weighted by molar-refractivity contribution is 6.42. The Labute approximate surface area is 144 Å². The summed E-state index contributed by atoms with van der Waals surface area (Å²) in [5.74, 6) is 2.48. The van der Waals surface area contributed by atoms with Crippen molar-refractivity contribution >= 4 is 17.4 Å². The van der Waals surface area contributed by atoms with Gasteiger partial charge in [-0.15, -0.1) is 0 Å². The molecular formula is C19H29N3O2. The van der Waals surface area contributed by atoms with Crippen molar-refractivity contribution < 1.29 is 9.59 Å². The number of ketones is 1. The summed E-state index contributed by atoms with van der Waals surface area (Å²) in [5.41, 5.74) is 3.37. The first-order valence-electron chi connectivity index (χ1n) is 9.74. The molecule has 4 bridgehead atoms. The first kappa shape index (κ1) is 16.1. The van der Waals surface area contributed by atoms with Crippen LogP contribution in [0.3, 0.4) is 0 Å². The zero-order chi connectivity index (χ0) is 16.7. The number of nitrogens with zero attached hydrogens (tertiary/aromatic N) is 1. The highest BCUT2D eigenvalue weighted by atomic mass is 16.2. The fourth-order valence-corrected chi connectivity index (χ4v) is 5.94. The second-order valence-electron chi connectivity index (χ2n) is 8.62. The number of carbonyl (C=O) groups excluding carboxylic acids is 2. The van der Waals surface area contributed by atoms with Gasteiger partial charge in [0.15, 0.2) is 5.78 Å². The van der Waals surface area contributed by atoms with E-state index in [1.165, 1.54) is 19.3 Å². The molecule has 0 spiro atoms. The van der Waals surface area contributed by atoms with Gasteiger partial charge >= 0.3 is 0 Å². The summed E-state index contributed by atoms with van der Waals surface area (Å²) < 4.78 is 0. The van der Waals surface area contributed by atoms with Gasteiger partial charge in [0, 0.05) is 18.4 Å². The Hall–Kier alpha value is -1.39. The maximum Gasteiger partial charge on any atom is 0.244 e. The average Bonchev–Trinajstić information content (AvgIpc) is 3.03. The van der Waals surface area contributed by atoms with Gasteiger partial charge in [-0.1, -0.05) is 13.3 Å². The highest BCUT2D eigenvalue weighted by Crippen LogP contribution is 2.60. The lowest BCUT2D eigenvalue weighted by atomic mass is 9.48. The number of hydrazone groups is 1. The molecule has 1 aliphatic heterocycles. The van der Waals surface area contributed by atoms with Crippen LogP contribution in [0, 0.1) is 23.2 Å². The molecule has 1 atom stereocenters. The number of Topliss-reactive ketones (excluding diaryl/α,β-unsaturated/α-hetero) is 1. The van der Waals surface area contributed by atoms with Gasteiger partial charge in [0.2, 0.25) is 5.91 Å². The molecule has 0 aromatic rings. The van der Waals surface area contributed by atoms with Crippen molar-refractivity contribution in [1.29, 1.82) is 0 Å². The molecule has 1 amide bonds. The minimum absolute atomic E-state index is 0.0273. The number of rotatable bonds is 6. The van der Waals surface area contributed by atoms with E-state index in [4.69, 9.17) is 0 Å². The summed E-state index contributed by atoms with van der Waals surface area (Å²) in [6.07, 6.45) is 9.68. The Morgan fingerprint density at radius 2 is 1.79 bits per heavy atom. The first-order chi connectivity index (χ1) is 11.6. The Morgan fingerprint density at radius 3 is 2.38 bits per heavy atom. The van der Waals surface area contributed by atoms with E-state index in [9.17, 15) is 9.59 Å². The van der Waals surface area contributed by atoms with E-state index in [0.717, 1.165) is 49.9 Å². The predicted molar refractivity (Wildman–Crippen MR) is 92.5 cm³/mol. The standard InChI is InChI=1S/C19H29N3O2/c1-2-3-4-20-18(24)16-8-15(21-22-16)17(23)19-9-12-5-13(10-19)7-14(6-12)11-19/h12-14,16,22H,2-11H2,1H3,(H,20,24). The Morgan fingerprint density at radius 1 is 1.17 bits per heavy atom. The van der Waals surface area contributed by atoms with Crippen molar-refractivity contribution in [3.05, 3.63) is 0 Å². The largest absolute Gasteiger partial charge is 0.354 e. The SMILES string of the molecule is CCCCNC(=O)C1CC(C(=O)C23CC4CC(CC(C4)C2)C3)=NN1. The molecule has 0 aromatic carbocycles. The molecule has 2 N–H and O–H groups in total. The van der Waals surface area contributed by atoms with Gasteiger partial charge in [0.25, 0.3) is 0 Å². The van der Waals surface area contributed by atoms with Crippen molar-refractivity contribution in [3.63, 3.8) is 0 Å². The lowest BCUT2D eigenvalue weighted by Crippen LogP contribution is -2.52. The van der Waals surface area contributed by atoms with Crippen molar-refractivity contribution in [3.8, 4) is 0 Å². The Kier molecular flexibility index (Phi) is 4.13. The molecule has 5 heteroatoms. The van der Waals surface area contributed by atoms with Crippen LogP contribution in [0.25, 0.3) is 0 Å². The van der Waals surface area contributed by atoms with Crippen molar-refractivity contribution in [2.24, 2.45) is 28.3 Å². The van der Waals surface area contributed by atoms with Crippen LogP contribution >= 0.6 is 0 Å². The monoisotopic (exact) mass is 331 g/mol. The van der Waals surface area contributed by atoms with Crippen LogP contribution in [0.15, 0.2) is 5.10 Å². The lowest BCUT2D eigenvalue weighted by molar-refractivity contribution is -0.136.